The third-order valence-electron chi connectivity index (χ3n) is 3.91. The molecule has 0 spiro atoms. The van der Waals surface area contributed by atoms with Crippen LogP contribution in [0.3, 0.4) is 0 Å². The smallest absolute Gasteiger partial charge is 0.0403 e. The fraction of sp³-hybridized carbons (Fsp3) is 0.211. The second-order valence-corrected chi connectivity index (χ2v) is 5.33. The Morgan fingerprint density at radius 2 is 1.70 bits per heavy atom. The van der Waals surface area contributed by atoms with Crippen molar-refractivity contribution in [3.63, 3.8) is 0 Å². The Bertz CT molecular complexity index is 683. The van der Waals surface area contributed by atoms with E-state index in [0.29, 0.717) is 5.92 Å². The third kappa shape index (κ3) is 2.72. The van der Waals surface area contributed by atoms with Crippen LogP contribution in [-0.2, 0) is 6.42 Å². The van der Waals surface area contributed by atoms with Crippen LogP contribution in [0.2, 0.25) is 0 Å². The maximum atomic E-state index is 4.41. The van der Waals surface area contributed by atoms with E-state index in [1.807, 2.05) is 12.3 Å². The van der Waals surface area contributed by atoms with Gasteiger partial charge in [0.2, 0.25) is 0 Å². The molecule has 1 heteroatoms. The first-order valence-corrected chi connectivity index (χ1v) is 7.22. The van der Waals surface area contributed by atoms with E-state index in [1.54, 1.807) is 0 Å². The molecular formula is C19H19N. The Labute approximate surface area is 120 Å². The van der Waals surface area contributed by atoms with Crippen molar-refractivity contribution in [3.05, 3.63) is 78.1 Å². The average Bonchev–Trinajstić information content (AvgIpc) is 2.53. The molecule has 0 fully saturated rings. The molecule has 0 aliphatic rings. The van der Waals surface area contributed by atoms with Crippen molar-refractivity contribution < 1.29 is 0 Å². The quantitative estimate of drug-likeness (QED) is 0.646. The van der Waals surface area contributed by atoms with Gasteiger partial charge in [-0.05, 0) is 47.2 Å². The van der Waals surface area contributed by atoms with E-state index in [1.165, 1.54) is 22.0 Å². The minimum atomic E-state index is 0.545. The van der Waals surface area contributed by atoms with Gasteiger partial charge in [-0.1, -0.05) is 55.5 Å². The zero-order valence-corrected chi connectivity index (χ0v) is 11.8. The zero-order chi connectivity index (χ0) is 13.8. The van der Waals surface area contributed by atoms with Gasteiger partial charge < -0.3 is 0 Å². The molecule has 20 heavy (non-hydrogen) atoms. The molecule has 3 rings (SSSR count). The van der Waals surface area contributed by atoms with Gasteiger partial charge in [-0.25, -0.2) is 0 Å². The van der Waals surface area contributed by atoms with Crippen molar-refractivity contribution in [1.82, 2.24) is 4.98 Å². The molecule has 1 nitrogen and oxygen atoms in total. The molecule has 0 radical (unpaired) electrons. The summed E-state index contributed by atoms with van der Waals surface area (Å²) in [5.41, 5.74) is 2.62. The predicted molar refractivity (Wildman–Crippen MR) is 84.9 cm³/mol. The van der Waals surface area contributed by atoms with E-state index in [-0.39, 0.29) is 0 Å². The van der Waals surface area contributed by atoms with Gasteiger partial charge in [0, 0.05) is 11.9 Å². The summed E-state index contributed by atoms with van der Waals surface area (Å²) in [5.74, 6) is 0.545. The molecule has 0 aliphatic carbocycles. The number of nitrogens with zero attached hydrogens (tertiary/aromatic N) is 1. The summed E-state index contributed by atoms with van der Waals surface area (Å²) < 4.78 is 0. The standard InChI is InChI=1S/C19H19N/c1-15(12-13-17-9-4-5-14-20-17)18-11-6-8-16-7-2-3-10-19(16)18/h2-11,14-15H,12-13H2,1H3/t15-/m0/s1. The summed E-state index contributed by atoms with van der Waals surface area (Å²) >= 11 is 0. The van der Waals surface area contributed by atoms with Gasteiger partial charge in [0.25, 0.3) is 0 Å². The van der Waals surface area contributed by atoms with Crippen LogP contribution >= 0.6 is 0 Å². The van der Waals surface area contributed by atoms with E-state index in [0.717, 1.165) is 12.8 Å². The highest BCUT2D eigenvalue weighted by Gasteiger charge is 2.09. The summed E-state index contributed by atoms with van der Waals surface area (Å²) in [7, 11) is 0. The number of aromatic nitrogens is 1. The summed E-state index contributed by atoms with van der Waals surface area (Å²) in [4.78, 5) is 4.41. The Hall–Kier alpha value is -2.15. The molecule has 2 aromatic carbocycles. The van der Waals surface area contributed by atoms with E-state index < -0.39 is 0 Å². The molecule has 0 saturated carbocycles. The lowest BCUT2D eigenvalue weighted by Gasteiger charge is -2.14. The van der Waals surface area contributed by atoms with Crippen LogP contribution in [0, 0.1) is 0 Å². The lowest BCUT2D eigenvalue weighted by Crippen LogP contribution is -1.98. The van der Waals surface area contributed by atoms with Gasteiger partial charge in [0.05, 0.1) is 0 Å². The lowest BCUT2D eigenvalue weighted by molar-refractivity contribution is 0.675. The molecule has 1 aromatic heterocycles. The van der Waals surface area contributed by atoms with E-state index >= 15 is 0 Å². The average molecular weight is 261 g/mol. The third-order valence-corrected chi connectivity index (χ3v) is 3.91. The van der Waals surface area contributed by atoms with Crippen LogP contribution in [0.25, 0.3) is 10.8 Å². The molecule has 0 saturated heterocycles. The molecule has 0 aliphatic heterocycles. The largest absolute Gasteiger partial charge is 0.261 e. The van der Waals surface area contributed by atoms with Crippen molar-refractivity contribution >= 4 is 10.8 Å². The van der Waals surface area contributed by atoms with Gasteiger partial charge in [-0.2, -0.15) is 0 Å². The fourth-order valence-electron chi connectivity index (χ4n) is 2.75. The summed E-state index contributed by atoms with van der Waals surface area (Å²) in [6, 6.07) is 21.4. The maximum Gasteiger partial charge on any atom is 0.0403 e. The van der Waals surface area contributed by atoms with Crippen LogP contribution in [0.15, 0.2) is 66.9 Å². The molecule has 100 valence electrons. The molecule has 3 aromatic rings. The van der Waals surface area contributed by atoms with Crippen LogP contribution < -0.4 is 0 Å². The molecule has 1 heterocycles. The number of benzene rings is 2. The van der Waals surface area contributed by atoms with E-state index in [2.05, 4.69) is 66.5 Å². The molecule has 1 atom stereocenters. The second kappa shape index (κ2) is 5.87. The van der Waals surface area contributed by atoms with Crippen molar-refractivity contribution in [2.75, 3.05) is 0 Å². The highest BCUT2D eigenvalue weighted by atomic mass is 14.7. The first-order chi connectivity index (χ1) is 9.84. The zero-order valence-electron chi connectivity index (χ0n) is 11.8. The molecular weight excluding hydrogens is 242 g/mol. The van der Waals surface area contributed by atoms with Gasteiger partial charge in [0.15, 0.2) is 0 Å². The number of aryl methyl sites for hydroxylation is 1. The molecule has 0 unspecified atom stereocenters. The molecule has 0 bridgehead atoms. The number of hydrogen-bond donors (Lipinski definition) is 0. The molecule has 0 amide bonds. The first-order valence-electron chi connectivity index (χ1n) is 7.22. The van der Waals surface area contributed by atoms with Crippen molar-refractivity contribution in [1.29, 1.82) is 0 Å². The molecule has 0 N–H and O–H groups in total. The van der Waals surface area contributed by atoms with Crippen LogP contribution in [0.1, 0.15) is 30.5 Å². The number of fused-ring (bicyclic) bond motifs is 1. The first kappa shape index (κ1) is 12.9. The SMILES string of the molecule is C[C@@H](CCc1ccccn1)c1cccc2ccccc12. The Morgan fingerprint density at radius 3 is 2.55 bits per heavy atom. The summed E-state index contributed by atoms with van der Waals surface area (Å²) in [6.45, 7) is 2.31. The number of rotatable bonds is 4. The Balaban J connectivity index is 1.80. The predicted octanol–water partition coefficient (Wildman–Crippen LogP) is 4.97. The van der Waals surface area contributed by atoms with E-state index in [9.17, 15) is 0 Å². The van der Waals surface area contributed by atoms with Gasteiger partial charge in [-0.3, -0.25) is 4.98 Å². The van der Waals surface area contributed by atoms with Gasteiger partial charge in [0.1, 0.15) is 0 Å². The highest BCUT2D eigenvalue weighted by molar-refractivity contribution is 5.86. The summed E-state index contributed by atoms with van der Waals surface area (Å²) in [5, 5.41) is 2.71. The van der Waals surface area contributed by atoms with Crippen molar-refractivity contribution in [3.8, 4) is 0 Å². The van der Waals surface area contributed by atoms with E-state index in [4.69, 9.17) is 0 Å². The monoisotopic (exact) mass is 261 g/mol. The van der Waals surface area contributed by atoms with Gasteiger partial charge in [-0.15, -0.1) is 0 Å². The Morgan fingerprint density at radius 1 is 0.900 bits per heavy atom. The fourth-order valence-corrected chi connectivity index (χ4v) is 2.75. The minimum absolute atomic E-state index is 0.545. The highest BCUT2D eigenvalue weighted by Crippen LogP contribution is 2.28. The van der Waals surface area contributed by atoms with Crippen molar-refractivity contribution in [2.24, 2.45) is 0 Å². The Kier molecular flexibility index (Phi) is 3.78. The lowest BCUT2D eigenvalue weighted by atomic mass is 9.91. The minimum Gasteiger partial charge on any atom is -0.261 e. The van der Waals surface area contributed by atoms with Crippen molar-refractivity contribution in [2.45, 2.75) is 25.7 Å². The second-order valence-electron chi connectivity index (χ2n) is 5.33. The van der Waals surface area contributed by atoms with Crippen LogP contribution in [-0.4, -0.2) is 4.98 Å². The van der Waals surface area contributed by atoms with Gasteiger partial charge >= 0.3 is 0 Å². The maximum absolute atomic E-state index is 4.41. The van der Waals surface area contributed by atoms with Crippen LogP contribution in [0.4, 0.5) is 0 Å². The summed E-state index contributed by atoms with van der Waals surface area (Å²) in [6.07, 6.45) is 4.04. The normalized spacial score (nSPS) is 12.4. The number of hydrogen-bond acceptors (Lipinski definition) is 1. The van der Waals surface area contributed by atoms with Crippen LogP contribution in [0.5, 0.6) is 0 Å². The number of pyridine rings is 1. The topological polar surface area (TPSA) is 12.9 Å².